The highest BCUT2D eigenvalue weighted by atomic mass is 16.5. The molecule has 0 aliphatic rings. The normalized spacial score (nSPS) is 10.7. The third-order valence-corrected chi connectivity index (χ3v) is 7.68. The summed E-state index contributed by atoms with van der Waals surface area (Å²) in [5.74, 6) is -0.152. The average Bonchev–Trinajstić information content (AvgIpc) is 3.20. The van der Waals surface area contributed by atoms with Crippen LogP contribution < -0.4 is 39.2 Å². The molecule has 5 aromatic carbocycles. The molecule has 274 valence electrons. The van der Waals surface area contributed by atoms with Crippen LogP contribution in [-0.4, -0.2) is 58.4 Å². The lowest BCUT2D eigenvalue weighted by Gasteiger charge is -2.14. The Morgan fingerprint density at radius 2 is 1.17 bits per heavy atom. The first-order valence-corrected chi connectivity index (χ1v) is 16.2. The van der Waals surface area contributed by atoms with Gasteiger partial charge in [-0.05, 0) is 84.9 Å². The van der Waals surface area contributed by atoms with Crippen LogP contribution in [0.2, 0.25) is 0 Å². The number of anilines is 1. The van der Waals surface area contributed by atoms with Gasteiger partial charge in [0.25, 0.3) is 11.8 Å². The molecule has 5 rings (SSSR count). The number of nitrogens with zero attached hydrogens (tertiary/aromatic N) is 1. The van der Waals surface area contributed by atoms with Crippen molar-refractivity contribution in [2.45, 2.75) is 0 Å². The number of hydrogen-bond acceptors (Lipinski definition) is 11. The molecule has 0 aliphatic carbocycles. The van der Waals surface area contributed by atoms with Crippen LogP contribution in [0.5, 0.6) is 34.5 Å². The quantitative estimate of drug-likeness (QED) is 0.0421. The maximum absolute atomic E-state index is 12.9. The van der Waals surface area contributed by atoms with Crippen molar-refractivity contribution in [2.24, 2.45) is 5.10 Å². The first-order chi connectivity index (χ1) is 26.2. The van der Waals surface area contributed by atoms with Crippen molar-refractivity contribution in [2.75, 3.05) is 33.8 Å². The van der Waals surface area contributed by atoms with Crippen molar-refractivity contribution in [3.63, 3.8) is 0 Å². The Morgan fingerprint density at radius 3 is 1.78 bits per heavy atom. The Balaban J connectivity index is 1.17. The highest BCUT2D eigenvalue weighted by molar-refractivity contribution is 6.05. The zero-order valence-corrected chi connectivity index (χ0v) is 29.7. The lowest BCUT2D eigenvalue weighted by Crippen LogP contribution is -2.18. The summed E-state index contributed by atoms with van der Waals surface area (Å²) in [5, 5.41) is 6.78. The van der Waals surface area contributed by atoms with Gasteiger partial charge in [0.15, 0.2) is 11.5 Å². The van der Waals surface area contributed by atoms with Gasteiger partial charge in [-0.1, -0.05) is 30.3 Å². The molecule has 5 aromatic rings. The Bertz CT molecular complexity index is 2170. The molecule has 13 nitrogen and oxygen atoms in total. The van der Waals surface area contributed by atoms with E-state index < -0.39 is 23.8 Å². The molecule has 0 heterocycles. The fourth-order valence-electron chi connectivity index (χ4n) is 4.92. The molecule has 0 unspecified atom stereocenters. The first-order valence-electron chi connectivity index (χ1n) is 16.2. The van der Waals surface area contributed by atoms with Crippen LogP contribution in [0.1, 0.15) is 42.2 Å². The standard InChI is InChI=1S/C41H35N3O10/c1-49-32-20-15-28(16-21-32)41(48)54-33-11-7-5-9-26(33)17-22-37(45)53-34-12-8-6-10-29(34)25-42-44-40(47)27-13-18-31(19-14-27)43-39(46)30-23-35(50-2)38(52-4)36(24-30)51-3/h5-25H,1-4H3,(H,43,46)(H,44,47)/b22-17+,42-25+. The molecule has 13 heteroatoms. The minimum Gasteiger partial charge on any atom is -0.497 e. The number of para-hydroxylation sites is 2. The highest BCUT2D eigenvalue weighted by Gasteiger charge is 2.18. The molecule has 0 atom stereocenters. The van der Waals surface area contributed by atoms with Gasteiger partial charge in [-0.15, -0.1) is 0 Å². The molecule has 0 saturated heterocycles. The fourth-order valence-corrected chi connectivity index (χ4v) is 4.92. The number of nitrogens with one attached hydrogen (secondary N) is 2. The van der Waals surface area contributed by atoms with Crippen molar-refractivity contribution in [3.05, 3.63) is 143 Å². The van der Waals surface area contributed by atoms with Crippen LogP contribution in [0.25, 0.3) is 6.08 Å². The molecule has 0 aromatic heterocycles. The van der Waals surface area contributed by atoms with Crippen molar-refractivity contribution in [3.8, 4) is 34.5 Å². The minimum atomic E-state index is -0.700. The molecule has 0 fully saturated rings. The number of methoxy groups -OCH3 is 4. The van der Waals surface area contributed by atoms with E-state index in [-0.39, 0.29) is 22.6 Å². The van der Waals surface area contributed by atoms with Crippen molar-refractivity contribution in [1.82, 2.24) is 5.43 Å². The summed E-state index contributed by atoms with van der Waals surface area (Å²) in [4.78, 5) is 51.2. The Hall–Kier alpha value is -7.41. The number of amides is 2. The molecule has 0 spiro atoms. The van der Waals surface area contributed by atoms with Gasteiger partial charge < -0.3 is 33.7 Å². The fraction of sp³-hybridized carbons (Fsp3) is 0.0976. The van der Waals surface area contributed by atoms with Gasteiger partial charge in [-0.2, -0.15) is 5.10 Å². The van der Waals surface area contributed by atoms with E-state index in [1.807, 2.05) is 0 Å². The molecule has 0 aliphatic heterocycles. The number of rotatable bonds is 14. The molecule has 2 N–H and O–H groups in total. The SMILES string of the molecule is COc1ccc(C(=O)Oc2ccccc2/C=C/C(=O)Oc2ccccc2/C=N/NC(=O)c2ccc(NC(=O)c3cc(OC)c(OC)c(OC)c3)cc2)cc1. The van der Waals surface area contributed by atoms with Gasteiger partial charge >= 0.3 is 11.9 Å². The second-order valence-corrected chi connectivity index (χ2v) is 11.1. The smallest absolute Gasteiger partial charge is 0.343 e. The van der Waals surface area contributed by atoms with Crippen molar-refractivity contribution < 1.29 is 47.6 Å². The van der Waals surface area contributed by atoms with Crippen molar-refractivity contribution >= 4 is 41.7 Å². The second kappa shape index (κ2) is 18.2. The second-order valence-electron chi connectivity index (χ2n) is 11.1. The van der Waals surface area contributed by atoms with Crippen LogP contribution in [-0.2, 0) is 4.79 Å². The predicted molar refractivity (Wildman–Crippen MR) is 201 cm³/mol. The molecule has 0 saturated carbocycles. The number of ether oxygens (including phenoxy) is 6. The Labute approximate surface area is 310 Å². The van der Waals surface area contributed by atoms with Gasteiger partial charge in [0.2, 0.25) is 5.75 Å². The molecule has 54 heavy (non-hydrogen) atoms. The summed E-state index contributed by atoms with van der Waals surface area (Å²) < 4.78 is 32.2. The molecule has 2 amide bonds. The van der Waals surface area contributed by atoms with Crippen LogP contribution in [0, 0.1) is 0 Å². The molecular formula is C41H35N3O10. The maximum Gasteiger partial charge on any atom is 0.343 e. The number of hydrogen-bond donors (Lipinski definition) is 2. The average molecular weight is 730 g/mol. The lowest BCUT2D eigenvalue weighted by atomic mass is 10.1. The number of carbonyl (C=O) groups excluding carboxylic acids is 4. The molecule has 0 radical (unpaired) electrons. The topological polar surface area (TPSA) is 160 Å². The van der Waals surface area contributed by atoms with Crippen LogP contribution in [0.3, 0.4) is 0 Å². The van der Waals surface area contributed by atoms with Gasteiger partial charge in [-0.25, -0.2) is 15.0 Å². The van der Waals surface area contributed by atoms with Crippen LogP contribution >= 0.6 is 0 Å². The summed E-state index contributed by atoms with van der Waals surface area (Å²) in [6.07, 6.45) is 4.01. The molecule has 0 bridgehead atoms. The number of carbonyl (C=O) groups is 4. The van der Waals surface area contributed by atoms with E-state index in [1.54, 1.807) is 84.9 Å². The monoisotopic (exact) mass is 729 g/mol. The predicted octanol–water partition coefficient (Wildman–Crippen LogP) is 6.58. The van der Waals surface area contributed by atoms with Crippen LogP contribution in [0.4, 0.5) is 5.69 Å². The Kier molecular flexibility index (Phi) is 12.7. The highest BCUT2D eigenvalue weighted by Crippen LogP contribution is 2.38. The van der Waals surface area contributed by atoms with E-state index in [0.29, 0.717) is 45.4 Å². The maximum atomic E-state index is 12.9. The largest absolute Gasteiger partial charge is 0.497 e. The third kappa shape index (κ3) is 9.67. The van der Waals surface area contributed by atoms with Crippen LogP contribution in [0.15, 0.2) is 120 Å². The Morgan fingerprint density at radius 1 is 0.574 bits per heavy atom. The summed E-state index contributed by atoms with van der Waals surface area (Å²) in [6.45, 7) is 0. The summed E-state index contributed by atoms with van der Waals surface area (Å²) in [5.41, 5.74) is 4.65. The van der Waals surface area contributed by atoms with Crippen molar-refractivity contribution in [1.29, 1.82) is 0 Å². The summed E-state index contributed by atoms with van der Waals surface area (Å²) in [6, 6.07) is 29.1. The number of esters is 2. The zero-order chi connectivity index (χ0) is 38.5. The lowest BCUT2D eigenvalue weighted by molar-refractivity contribution is -0.128. The van der Waals surface area contributed by atoms with E-state index in [2.05, 4.69) is 15.8 Å². The summed E-state index contributed by atoms with van der Waals surface area (Å²) in [7, 11) is 5.91. The van der Waals surface area contributed by atoms with Gasteiger partial charge in [0, 0.05) is 34.0 Å². The zero-order valence-electron chi connectivity index (χ0n) is 29.7. The van der Waals surface area contributed by atoms with E-state index in [4.69, 9.17) is 28.4 Å². The third-order valence-electron chi connectivity index (χ3n) is 7.68. The van der Waals surface area contributed by atoms with Gasteiger partial charge in [-0.3, -0.25) is 9.59 Å². The first kappa shape index (κ1) is 37.8. The van der Waals surface area contributed by atoms with E-state index in [0.717, 1.165) is 0 Å². The van der Waals surface area contributed by atoms with Gasteiger partial charge in [0.1, 0.15) is 17.2 Å². The summed E-state index contributed by atoms with van der Waals surface area (Å²) >= 11 is 0. The van der Waals surface area contributed by atoms with E-state index >= 15 is 0 Å². The molecular weight excluding hydrogens is 694 g/mol. The van der Waals surface area contributed by atoms with E-state index in [1.165, 1.54) is 71.1 Å². The van der Waals surface area contributed by atoms with E-state index in [9.17, 15) is 19.2 Å². The minimum absolute atomic E-state index is 0.191. The van der Waals surface area contributed by atoms with Gasteiger partial charge in [0.05, 0.1) is 40.2 Å². The number of hydrazone groups is 1. The number of benzene rings is 5.